The van der Waals surface area contributed by atoms with Crippen LogP contribution in [0.25, 0.3) is 11.0 Å². The highest BCUT2D eigenvalue weighted by Crippen LogP contribution is 2.27. The van der Waals surface area contributed by atoms with Crippen molar-refractivity contribution >= 4 is 51.6 Å². The quantitative estimate of drug-likeness (QED) is 0.406. The second-order valence-electron chi connectivity index (χ2n) is 8.18. The third-order valence-electron chi connectivity index (χ3n) is 5.76. The second-order valence-corrected chi connectivity index (χ2v) is 10.2. The van der Waals surface area contributed by atoms with Crippen LogP contribution >= 0.6 is 23.5 Å². The first-order valence-electron chi connectivity index (χ1n) is 11.5. The molecule has 1 saturated heterocycles. The minimum Gasteiger partial charge on any atom is -0.351 e. The van der Waals surface area contributed by atoms with E-state index in [1.54, 1.807) is 30.1 Å². The number of carbonyl (C=O) groups excluding carboxylic acids is 2. The molecule has 0 atom stereocenters. The van der Waals surface area contributed by atoms with Gasteiger partial charge in [-0.3, -0.25) is 19.9 Å². The molecular formula is C25H28N6O2S2. The lowest BCUT2D eigenvalue weighted by atomic mass is 9.91. The molecule has 2 fully saturated rings. The first kappa shape index (κ1) is 25.2. The van der Waals surface area contributed by atoms with Crippen molar-refractivity contribution in [2.45, 2.75) is 51.2 Å². The predicted molar refractivity (Wildman–Crippen MR) is 143 cm³/mol. The van der Waals surface area contributed by atoms with E-state index in [4.69, 9.17) is 4.98 Å². The molecule has 1 aliphatic heterocycles. The Bertz CT molecular complexity index is 1160. The Morgan fingerprint density at radius 1 is 1.20 bits per heavy atom. The number of amides is 2. The van der Waals surface area contributed by atoms with Crippen LogP contribution in [-0.2, 0) is 11.3 Å². The van der Waals surface area contributed by atoms with E-state index in [0.717, 1.165) is 60.3 Å². The number of hydrogen-bond acceptors (Lipinski definition) is 9. The summed E-state index contributed by atoms with van der Waals surface area (Å²) in [6.07, 6.45) is 9.43. The average molecular weight is 509 g/mol. The van der Waals surface area contributed by atoms with E-state index >= 15 is 0 Å². The monoisotopic (exact) mass is 508 g/mol. The van der Waals surface area contributed by atoms with Gasteiger partial charge in [-0.15, -0.1) is 0 Å². The van der Waals surface area contributed by atoms with Crippen LogP contribution in [0.1, 0.15) is 49.7 Å². The maximum absolute atomic E-state index is 11.8. The molecule has 3 N–H and O–H groups in total. The number of pyridine rings is 1. The van der Waals surface area contributed by atoms with Gasteiger partial charge in [0.15, 0.2) is 0 Å². The predicted octanol–water partition coefficient (Wildman–Crippen LogP) is 4.95. The Kier molecular flexibility index (Phi) is 8.73. The normalized spacial score (nSPS) is 21.7. The van der Waals surface area contributed by atoms with E-state index in [1.807, 2.05) is 24.5 Å². The van der Waals surface area contributed by atoms with E-state index in [0.29, 0.717) is 22.6 Å². The highest BCUT2D eigenvalue weighted by Gasteiger charge is 2.25. The van der Waals surface area contributed by atoms with Crippen LogP contribution in [0.4, 0.5) is 10.7 Å². The van der Waals surface area contributed by atoms with Crippen molar-refractivity contribution in [3.8, 4) is 0 Å². The van der Waals surface area contributed by atoms with Gasteiger partial charge in [0.1, 0.15) is 0 Å². The first-order valence-corrected chi connectivity index (χ1v) is 13.2. The molecule has 2 aromatic rings. The van der Waals surface area contributed by atoms with Crippen molar-refractivity contribution in [3.05, 3.63) is 70.5 Å². The van der Waals surface area contributed by atoms with E-state index in [1.165, 1.54) is 0 Å². The third-order valence-corrected chi connectivity index (χ3v) is 7.44. The molecule has 1 aliphatic carbocycles. The Morgan fingerprint density at radius 2 is 2.00 bits per heavy atom. The van der Waals surface area contributed by atoms with Crippen molar-refractivity contribution in [3.63, 3.8) is 0 Å². The van der Waals surface area contributed by atoms with Crippen molar-refractivity contribution in [1.29, 1.82) is 0 Å². The molecule has 8 nitrogen and oxygen atoms in total. The van der Waals surface area contributed by atoms with Crippen LogP contribution in [0.5, 0.6) is 0 Å². The Labute approximate surface area is 213 Å². The molecule has 1 saturated carbocycles. The highest BCUT2D eigenvalue weighted by atomic mass is 32.2. The Morgan fingerprint density at radius 3 is 2.71 bits per heavy atom. The Hall–Kier alpha value is -2.95. The second kappa shape index (κ2) is 12.1. The number of anilines is 1. The fourth-order valence-electron chi connectivity index (χ4n) is 4.03. The fourth-order valence-corrected chi connectivity index (χ4v) is 5.25. The summed E-state index contributed by atoms with van der Waals surface area (Å²) in [6, 6.07) is 8.58. The molecule has 3 heterocycles. The summed E-state index contributed by atoms with van der Waals surface area (Å²) in [5.41, 5.74) is 2.59. The number of rotatable bonds is 9. The van der Waals surface area contributed by atoms with Crippen molar-refractivity contribution < 1.29 is 9.59 Å². The maximum Gasteiger partial charge on any atom is 0.290 e. The zero-order valence-electron chi connectivity index (χ0n) is 19.5. The summed E-state index contributed by atoms with van der Waals surface area (Å²) < 4.78 is 0. The summed E-state index contributed by atoms with van der Waals surface area (Å²) in [5, 5.41) is 10.8. The number of hydrogen-bond donors (Lipinski definition) is 3. The molecule has 0 spiro atoms. The summed E-state index contributed by atoms with van der Waals surface area (Å²) in [4.78, 5) is 38.1. The molecule has 4 rings (SSSR count). The number of nitrogens with zero attached hydrogens (tertiary/aromatic N) is 3. The van der Waals surface area contributed by atoms with Crippen molar-refractivity contribution in [2.24, 2.45) is 0 Å². The van der Waals surface area contributed by atoms with E-state index in [-0.39, 0.29) is 11.3 Å². The lowest BCUT2D eigenvalue weighted by molar-refractivity contribution is -0.115. The summed E-state index contributed by atoms with van der Waals surface area (Å²) in [7, 11) is 0. The van der Waals surface area contributed by atoms with Crippen LogP contribution < -0.4 is 16.0 Å². The molecular weight excluding hydrogens is 480 g/mol. The van der Waals surface area contributed by atoms with Crippen molar-refractivity contribution in [2.75, 3.05) is 5.32 Å². The summed E-state index contributed by atoms with van der Waals surface area (Å²) in [5.74, 6) is 0.141. The van der Waals surface area contributed by atoms with E-state index in [9.17, 15) is 9.59 Å². The van der Waals surface area contributed by atoms with Crippen LogP contribution in [0.2, 0.25) is 0 Å². The lowest BCUT2D eigenvalue weighted by Crippen LogP contribution is -2.37. The van der Waals surface area contributed by atoms with Crippen LogP contribution in [0.3, 0.4) is 0 Å². The largest absolute Gasteiger partial charge is 0.351 e. The zero-order valence-corrected chi connectivity index (χ0v) is 21.1. The molecule has 0 radical (unpaired) electrons. The topological polar surface area (TPSA) is 109 Å². The van der Waals surface area contributed by atoms with E-state index in [2.05, 4.69) is 44.6 Å². The molecule has 10 heteroatoms. The van der Waals surface area contributed by atoms with Gasteiger partial charge >= 0.3 is 0 Å². The van der Waals surface area contributed by atoms with E-state index < -0.39 is 5.91 Å². The third kappa shape index (κ3) is 7.03. The number of allylic oxidation sites excluding steroid dienone is 1. The highest BCUT2D eigenvalue weighted by molar-refractivity contribution is 8.18. The van der Waals surface area contributed by atoms with Crippen LogP contribution in [0, 0.1) is 0 Å². The molecule has 0 bridgehead atoms. The molecule has 0 unspecified atom stereocenters. The van der Waals surface area contributed by atoms with Gasteiger partial charge in [0, 0.05) is 29.7 Å². The minimum atomic E-state index is -0.390. The average Bonchev–Trinajstić information content (AvgIpc) is 3.18. The molecule has 0 aromatic carbocycles. The van der Waals surface area contributed by atoms with Crippen LogP contribution in [0.15, 0.2) is 53.4 Å². The number of carbonyl (C=O) groups is 2. The molecule has 182 valence electrons. The van der Waals surface area contributed by atoms with Gasteiger partial charge < -0.3 is 10.6 Å². The molecule has 35 heavy (non-hydrogen) atoms. The molecule has 2 amide bonds. The first-order chi connectivity index (χ1) is 17.0. The fraction of sp³-hybridized carbons (Fsp3) is 0.320. The van der Waals surface area contributed by atoms with Gasteiger partial charge in [0.25, 0.3) is 11.1 Å². The van der Waals surface area contributed by atoms with Gasteiger partial charge in [-0.2, -0.15) is 0 Å². The van der Waals surface area contributed by atoms with Crippen LogP contribution in [-0.4, -0.2) is 38.2 Å². The van der Waals surface area contributed by atoms with Gasteiger partial charge in [-0.1, -0.05) is 30.5 Å². The van der Waals surface area contributed by atoms with Gasteiger partial charge in [0.2, 0.25) is 5.95 Å². The molecule has 2 aliphatic rings. The van der Waals surface area contributed by atoms with Crippen molar-refractivity contribution in [1.82, 2.24) is 25.6 Å². The maximum atomic E-state index is 11.8. The number of imide groups is 1. The lowest BCUT2D eigenvalue weighted by Gasteiger charge is -2.29. The minimum absolute atomic E-state index is 0.288. The molecule has 2 aromatic heterocycles. The van der Waals surface area contributed by atoms with Gasteiger partial charge in [-0.25, -0.2) is 9.97 Å². The Balaban J connectivity index is 1.26. The number of thioether (sulfide) groups is 2. The summed E-state index contributed by atoms with van der Waals surface area (Å²) >= 11 is 2.46. The number of aromatic nitrogens is 3. The summed E-state index contributed by atoms with van der Waals surface area (Å²) in [6.45, 7) is 6.55. The standard InChI is InChI=1S/C25H28N6O2S2/c1-3-21(34-4-2)20-7-5-6-19(28-20)15-27-16-8-10-17(11-9-16)29-24-26-13-12-18(30-24)14-22-23(32)31-25(33)35-22/h3-7,12-14,16-17,27H,2,8-11,15H2,1H3,(H,26,29,30)(H,31,32,33)/b21-3-,22-14-. The number of nitrogens with one attached hydrogen (secondary N) is 3. The SMILES string of the molecule is C=CS/C(=C\C)c1cccc(CNC2CCC(Nc3nccc(/C=C4\SC(=O)NC4=O)n3)CC2)n1. The zero-order chi connectivity index (χ0) is 24.6. The van der Waals surface area contributed by atoms with Gasteiger partial charge in [0.05, 0.1) is 22.0 Å². The smallest absolute Gasteiger partial charge is 0.290 e. The van der Waals surface area contributed by atoms with Gasteiger partial charge in [-0.05, 0) is 74.1 Å².